The van der Waals surface area contributed by atoms with E-state index < -0.39 is 5.97 Å². The third kappa shape index (κ3) is 1.96. The second-order valence-corrected chi connectivity index (χ2v) is 3.14. The van der Waals surface area contributed by atoms with Crippen molar-refractivity contribution in [3.63, 3.8) is 0 Å². The minimum Gasteiger partial charge on any atom is -0.457 e. The molecule has 78 valence electrons. The number of carbonyl (C=O) groups excluding carboxylic acids is 1. The number of fused-ring (bicyclic) bond motifs is 1. The summed E-state index contributed by atoms with van der Waals surface area (Å²) in [4.78, 5) is 10.9. The largest absolute Gasteiger partial charge is 0.457 e. The van der Waals surface area contributed by atoms with E-state index in [0.717, 1.165) is 5.56 Å². The Morgan fingerprint density at radius 3 is 3.00 bits per heavy atom. The second-order valence-electron chi connectivity index (χ2n) is 3.14. The zero-order valence-electron chi connectivity index (χ0n) is 8.40. The first-order chi connectivity index (χ1) is 7.69. The maximum Gasteiger partial charge on any atom is 0.389 e. The summed E-state index contributed by atoms with van der Waals surface area (Å²) in [5.41, 5.74) is 0.896. The molecule has 16 heavy (non-hydrogen) atoms. The Bertz CT molecular complexity index is 533. The van der Waals surface area contributed by atoms with E-state index in [1.807, 2.05) is 12.0 Å². The van der Waals surface area contributed by atoms with Gasteiger partial charge in [-0.05, 0) is 24.3 Å². The van der Waals surface area contributed by atoms with Crippen LogP contribution in [0.15, 0.2) is 36.6 Å². The van der Waals surface area contributed by atoms with Gasteiger partial charge in [0.25, 0.3) is 0 Å². The van der Waals surface area contributed by atoms with E-state index in [4.69, 9.17) is 15.9 Å². The topological polar surface area (TPSA) is 35.5 Å². The molecule has 1 aliphatic rings. The quantitative estimate of drug-likeness (QED) is 0.309. The van der Waals surface area contributed by atoms with Gasteiger partial charge in [0.1, 0.15) is 17.3 Å². The molecule has 0 amide bonds. The number of hydrogen-bond donors (Lipinski definition) is 0. The lowest BCUT2D eigenvalue weighted by atomic mass is 10.1. The summed E-state index contributed by atoms with van der Waals surface area (Å²) in [6.07, 6.45) is 8.53. The van der Waals surface area contributed by atoms with E-state index in [1.54, 1.807) is 24.3 Å². The first-order valence-electron chi connectivity index (χ1n) is 4.56. The van der Waals surface area contributed by atoms with Crippen molar-refractivity contribution in [3.8, 4) is 23.8 Å². The van der Waals surface area contributed by atoms with Crippen LogP contribution in [-0.2, 0) is 4.79 Å². The molecule has 0 spiro atoms. The highest BCUT2D eigenvalue weighted by atomic mass is 16.5. The number of ether oxygens (including phenoxy) is 2. The molecular weight excluding hydrogens is 204 g/mol. The summed E-state index contributed by atoms with van der Waals surface area (Å²) >= 11 is 0. The minimum absolute atomic E-state index is 0.352. The summed E-state index contributed by atoms with van der Waals surface area (Å²) in [5.74, 6) is 2.62. The summed E-state index contributed by atoms with van der Waals surface area (Å²) in [5, 5.41) is 0. The van der Waals surface area contributed by atoms with Gasteiger partial charge in [-0.1, -0.05) is 6.58 Å². The first-order valence-corrected chi connectivity index (χ1v) is 4.56. The van der Waals surface area contributed by atoms with Gasteiger partial charge in [-0.15, -0.1) is 6.42 Å². The zero-order valence-corrected chi connectivity index (χ0v) is 8.40. The number of benzene rings is 1. The lowest BCUT2D eigenvalue weighted by Crippen LogP contribution is -2.05. The second kappa shape index (κ2) is 3.95. The van der Waals surface area contributed by atoms with Gasteiger partial charge >= 0.3 is 5.97 Å². The number of carbonyl (C=O) groups is 1. The van der Waals surface area contributed by atoms with Crippen molar-refractivity contribution in [3.05, 3.63) is 42.2 Å². The average Bonchev–Trinajstić information content (AvgIpc) is 2.28. The molecule has 1 heterocycles. The Morgan fingerprint density at radius 2 is 2.25 bits per heavy atom. The summed E-state index contributed by atoms with van der Waals surface area (Å²) in [7, 11) is 0. The fourth-order valence-corrected chi connectivity index (χ4v) is 1.30. The van der Waals surface area contributed by atoms with E-state index in [0.29, 0.717) is 17.3 Å². The monoisotopic (exact) mass is 212 g/mol. The van der Waals surface area contributed by atoms with Gasteiger partial charge < -0.3 is 9.47 Å². The highest BCUT2D eigenvalue weighted by Crippen LogP contribution is 2.30. The van der Waals surface area contributed by atoms with Crippen molar-refractivity contribution in [2.45, 2.75) is 0 Å². The summed E-state index contributed by atoms with van der Waals surface area (Å²) in [6.45, 7) is 3.67. The van der Waals surface area contributed by atoms with Crippen LogP contribution in [0.3, 0.4) is 0 Å². The summed E-state index contributed by atoms with van der Waals surface area (Å²) < 4.78 is 10.2. The van der Waals surface area contributed by atoms with Crippen LogP contribution in [0.2, 0.25) is 0 Å². The number of rotatable bonds is 1. The smallest absolute Gasteiger partial charge is 0.389 e. The molecule has 0 bridgehead atoms. The Hall–Kier alpha value is -2.47. The zero-order chi connectivity index (χ0) is 11.5. The molecule has 0 aliphatic carbocycles. The molecule has 0 radical (unpaired) electrons. The van der Waals surface area contributed by atoms with Crippen molar-refractivity contribution >= 4 is 12.0 Å². The molecule has 0 aromatic heterocycles. The van der Waals surface area contributed by atoms with Crippen LogP contribution in [0.1, 0.15) is 5.56 Å². The average molecular weight is 212 g/mol. The van der Waals surface area contributed by atoms with Gasteiger partial charge in [-0.3, -0.25) is 0 Å². The number of hydrogen-bond acceptors (Lipinski definition) is 3. The van der Waals surface area contributed by atoms with Crippen LogP contribution < -0.4 is 9.47 Å². The van der Waals surface area contributed by atoms with Crippen LogP contribution in [-0.4, -0.2) is 5.97 Å². The Balaban J connectivity index is 2.30. The molecule has 2 rings (SSSR count). The van der Waals surface area contributed by atoms with Gasteiger partial charge in [0, 0.05) is 17.6 Å². The minimum atomic E-state index is -0.731. The molecule has 0 saturated carbocycles. The first kappa shape index (κ1) is 10.1. The predicted octanol–water partition coefficient (Wildman–Crippen LogP) is 2.14. The lowest BCUT2D eigenvalue weighted by molar-refractivity contribution is -0.128. The molecular formula is C13H8O3. The van der Waals surface area contributed by atoms with Gasteiger partial charge in [-0.2, -0.15) is 0 Å². The number of terminal acetylenes is 1. The van der Waals surface area contributed by atoms with Crippen molar-refractivity contribution in [2.24, 2.45) is 0 Å². The van der Waals surface area contributed by atoms with Gasteiger partial charge in [0.05, 0.1) is 0 Å². The molecule has 1 aromatic carbocycles. The number of allylic oxidation sites excluding steroid dienone is 1. The molecule has 0 atom stereocenters. The van der Waals surface area contributed by atoms with E-state index in [-0.39, 0.29) is 0 Å². The van der Waals surface area contributed by atoms with E-state index in [2.05, 4.69) is 6.58 Å². The molecule has 1 aliphatic heterocycles. The maximum atomic E-state index is 10.9. The fraction of sp³-hybridized carbons (Fsp3) is 0. The Morgan fingerprint density at radius 1 is 1.44 bits per heavy atom. The highest BCUT2D eigenvalue weighted by molar-refractivity contribution is 5.89. The maximum absolute atomic E-state index is 10.9. The van der Waals surface area contributed by atoms with Crippen LogP contribution in [0, 0.1) is 12.3 Å². The van der Waals surface area contributed by atoms with Crippen LogP contribution >= 0.6 is 0 Å². The molecule has 0 fully saturated rings. The third-order valence-corrected chi connectivity index (χ3v) is 2.00. The van der Waals surface area contributed by atoms with Gasteiger partial charge in [-0.25, -0.2) is 4.79 Å². The van der Waals surface area contributed by atoms with Crippen molar-refractivity contribution < 1.29 is 14.3 Å². The standard InChI is InChI=1S/C13H8O3/c1-3-13(14)16-11-7-6-10-5-4-9(2)15-12(10)8-11/h1,4-8H,2H2. The van der Waals surface area contributed by atoms with Gasteiger partial charge in [0.2, 0.25) is 0 Å². The van der Waals surface area contributed by atoms with Crippen LogP contribution in [0.25, 0.3) is 6.08 Å². The lowest BCUT2D eigenvalue weighted by Gasteiger charge is -2.14. The fourth-order valence-electron chi connectivity index (χ4n) is 1.30. The molecule has 3 nitrogen and oxygen atoms in total. The molecule has 3 heteroatoms. The molecule has 0 saturated heterocycles. The molecule has 1 aromatic rings. The highest BCUT2D eigenvalue weighted by Gasteiger charge is 2.10. The van der Waals surface area contributed by atoms with E-state index in [9.17, 15) is 4.79 Å². The SMILES string of the molecule is C#CC(=O)Oc1ccc2c(c1)OC(=C)C=C2. The normalized spacial score (nSPS) is 12.3. The van der Waals surface area contributed by atoms with E-state index >= 15 is 0 Å². The third-order valence-electron chi connectivity index (χ3n) is 2.00. The summed E-state index contributed by atoms with van der Waals surface area (Å²) in [6, 6.07) is 5.02. The van der Waals surface area contributed by atoms with Crippen molar-refractivity contribution in [1.82, 2.24) is 0 Å². The van der Waals surface area contributed by atoms with Crippen molar-refractivity contribution in [1.29, 1.82) is 0 Å². The Kier molecular flexibility index (Phi) is 2.49. The Labute approximate surface area is 93.0 Å². The predicted molar refractivity (Wildman–Crippen MR) is 59.7 cm³/mol. The van der Waals surface area contributed by atoms with Crippen LogP contribution in [0.5, 0.6) is 11.5 Å². The molecule has 0 N–H and O–H groups in total. The number of esters is 1. The van der Waals surface area contributed by atoms with Crippen LogP contribution in [0.4, 0.5) is 0 Å². The van der Waals surface area contributed by atoms with Gasteiger partial charge in [0.15, 0.2) is 0 Å². The van der Waals surface area contributed by atoms with E-state index in [1.165, 1.54) is 0 Å². The van der Waals surface area contributed by atoms with Crippen molar-refractivity contribution in [2.75, 3.05) is 0 Å². The molecule has 0 unspecified atom stereocenters.